The predicted molar refractivity (Wildman–Crippen MR) is 142 cm³/mol. The fourth-order valence-corrected chi connectivity index (χ4v) is 5.61. The number of carbonyl (C=O) groups is 1. The predicted octanol–water partition coefficient (Wildman–Crippen LogP) is 6.33. The molecule has 2 N–H and O–H groups in total. The Labute approximate surface area is 215 Å². The van der Waals surface area contributed by atoms with Crippen LogP contribution >= 0.6 is 0 Å². The molecule has 0 spiro atoms. The number of benzene rings is 2. The van der Waals surface area contributed by atoms with E-state index in [0.29, 0.717) is 22.9 Å². The van der Waals surface area contributed by atoms with Crippen molar-refractivity contribution in [3.63, 3.8) is 0 Å². The molecule has 5 nitrogen and oxygen atoms in total. The quantitative estimate of drug-likeness (QED) is 0.313. The summed E-state index contributed by atoms with van der Waals surface area (Å²) in [5, 5.41) is 0.213. The van der Waals surface area contributed by atoms with Gasteiger partial charge in [-0.3, -0.25) is 14.8 Å². The van der Waals surface area contributed by atoms with Crippen molar-refractivity contribution in [2.75, 3.05) is 11.9 Å². The molecule has 0 radical (unpaired) electrons. The molecule has 5 rings (SSSR count). The first-order valence-corrected chi connectivity index (χ1v) is 12.6. The third-order valence-corrected chi connectivity index (χ3v) is 7.39. The molecule has 2 aromatic carbocycles. The summed E-state index contributed by atoms with van der Waals surface area (Å²) in [6, 6.07) is 12.9. The van der Waals surface area contributed by atoms with Gasteiger partial charge in [-0.25, -0.2) is 8.78 Å². The molecule has 1 saturated carbocycles. The average molecular weight is 501 g/mol. The van der Waals surface area contributed by atoms with E-state index in [1.165, 1.54) is 24.4 Å². The second-order valence-corrected chi connectivity index (χ2v) is 10.1. The molecule has 190 valence electrons. The van der Waals surface area contributed by atoms with Crippen LogP contribution in [0.5, 0.6) is 0 Å². The van der Waals surface area contributed by atoms with Gasteiger partial charge in [0.15, 0.2) is 5.78 Å². The van der Waals surface area contributed by atoms with Gasteiger partial charge in [-0.05, 0) is 78.6 Å². The first-order valence-electron chi connectivity index (χ1n) is 12.6. The number of halogens is 2. The highest BCUT2D eigenvalue weighted by molar-refractivity contribution is 6.08. The number of para-hydroxylation sites is 1. The number of anilines is 2. The van der Waals surface area contributed by atoms with Crippen LogP contribution in [0.4, 0.5) is 20.2 Å². The van der Waals surface area contributed by atoms with Crippen LogP contribution in [0.25, 0.3) is 10.9 Å². The molecule has 4 aromatic rings. The zero-order valence-corrected chi connectivity index (χ0v) is 21.0. The molecule has 2 aromatic heterocycles. The van der Waals surface area contributed by atoms with Crippen molar-refractivity contribution < 1.29 is 13.6 Å². The maximum atomic E-state index is 14.9. The summed E-state index contributed by atoms with van der Waals surface area (Å²) in [4.78, 5) is 23.8. The van der Waals surface area contributed by atoms with E-state index in [0.717, 1.165) is 30.4 Å². The largest absolute Gasteiger partial charge is 0.341 e. The van der Waals surface area contributed by atoms with Crippen LogP contribution in [0, 0.1) is 17.6 Å². The number of rotatable bonds is 6. The van der Waals surface area contributed by atoms with Crippen molar-refractivity contribution >= 4 is 28.1 Å². The summed E-state index contributed by atoms with van der Waals surface area (Å²) >= 11 is 0. The minimum absolute atomic E-state index is 0.141. The number of carbonyl (C=O) groups excluding carboxylic acids is 1. The number of hydrogen-bond donors (Lipinski definition) is 1. The molecule has 0 amide bonds. The maximum Gasteiger partial charge on any atom is 0.169 e. The molecule has 7 heteroatoms. The Bertz CT molecular complexity index is 1450. The SMILES string of the molecule is C[C@@H]1C[C@H](N)C[C@H](c2ccncc2CC(=O)c2ccc(F)c3cc(N(C)c4ccccc4F)cnc23)C1. The van der Waals surface area contributed by atoms with E-state index in [2.05, 4.69) is 16.9 Å². The summed E-state index contributed by atoms with van der Waals surface area (Å²) in [6.45, 7) is 2.21. The van der Waals surface area contributed by atoms with E-state index in [1.807, 2.05) is 6.07 Å². The fraction of sp³-hybridized carbons (Fsp3) is 0.300. The number of fused-ring (bicyclic) bond motifs is 1. The number of nitrogens with zero attached hydrogens (tertiary/aromatic N) is 3. The second-order valence-electron chi connectivity index (χ2n) is 10.1. The molecule has 0 bridgehead atoms. The summed E-state index contributed by atoms with van der Waals surface area (Å²) in [7, 11) is 1.69. The van der Waals surface area contributed by atoms with E-state index in [1.54, 1.807) is 48.6 Å². The Hall–Kier alpha value is -3.71. The summed E-state index contributed by atoms with van der Waals surface area (Å²) in [6.07, 6.45) is 8.10. The van der Waals surface area contributed by atoms with Gasteiger partial charge in [0.2, 0.25) is 0 Å². The van der Waals surface area contributed by atoms with Gasteiger partial charge in [-0.1, -0.05) is 19.1 Å². The topological polar surface area (TPSA) is 72.1 Å². The van der Waals surface area contributed by atoms with Gasteiger partial charge in [0.05, 0.1) is 23.1 Å². The zero-order chi connectivity index (χ0) is 26.1. The van der Waals surface area contributed by atoms with Crippen LogP contribution in [0.3, 0.4) is 0 Å². The van der Waals surface area contributed by atoms with Crippen molar-refractivity contribution in [3.05, 3.63) is 95.4 Å². The van der Waals surface area contributed by atoms with Gasteiger partial charge >= 0.3 is 0 Å². The van der Waals surface area contributed by atoms with Crippen molar-refractivity contribution in [1.82, 2.24) is 9.97 Å². The summed E-state index contributed by atoms with van der Waals surface area (Å²) < 4.78 is 29.2. The van der Waals surface area contributed by atoms with Crippen LogP contribution in [-0.4, -0.2) is 28.8 Å². The standard InChI is InChI=1S/C30H30F2N4O/c1-18-11-19(13-21(33)12-18)23-9-10-34-16-20(23)14-29(37)24-7-8-26(31)25-15-22(17-35-30(24)25)36(2)28-6-4-3-5-27(28)32/h3-10,15-19,21H,11-14,33H2,1-2H3/t18-,19+,21-/m0/s1. The Morgan fingerprint density at radius 3 is 2.65 bits per heavy atom. The normalized spacial score (nSPS) is 19.6. The second kappa shape index (κ2) is 10.3. The number of Topliss-reactive ketones (excluding diaryl/α,β-unsaturated/α-hetero) is 1. The lowest BCUT2D eigenvalue weighted by Gasteiger charge is -2.32. The summed E-state index contributed by atoms with van der Waals surface area (Å²) in [5.74, 6) is -0.239. The van der Waals surface area contributed by atoms with E-state index >= 15 is 0 Å². The van der Waals surface area contributed by atoms with Crippen molar-refractivity contribution in [3.8, 4) is 0 Å². The molecule has 37 heavy (non-hydrogen) atoms. The van der Waals surface area contributed by atoms with Crippen molar-refractivity contribution in [2.45, 2.75) is 44.6 Å². The van der Waals surface area contributed by atoms with Gasteiger partial charge in [-0.15, -0.1) is 0 Å². The molecule has 2 heterocycles. The van der Waals surface area contributed by atoms with Gasteiger partial charge in [0.1, 0.15) is 11.6 Å². The molecular weight excluding hydrogens is 470 g/mol. The summed E-state index contributed by atoms with van der Waals surface area (Å²) in [5.41, 5.74) is 9.77. The third-order valence-electron chi connectivity index (χ3n) is 7.39. The van der Waals surface area contributed by atoms with E-state index in [-0.39, 0.29) is 35.1 Å². The molecule has 0 aliphatic heterocycles. The number of ketones is 1. The van der Waals surface area contributed by atoms with Gasteiger partial charge in [-0.2, -0.15) is 0 Å². The lowest BCUT2D eigenvalue weighted by molar-refractivity contribution is 0.0994. The Kier molecular flexibility index (Phi) is 6.98. The lowest BCUT2D eigenvalue weighted by Crippen LogP contribution is -2.31. The number of hydrogen-bond acceptors (Lipinski definition) is 5. The van der Waals surface area contributed by atoms with Gasteiger partial charge in [0, 0.05) is 42.9 Å². The first kappa shape index (κ1) is 25.0. The highest BCUT2D eigenvalue weighted by atomic mass is 19.1. The smallest absolute Gasteiger partial charge is 0.169 e. The van der Waals surface area contributed by atoms with E-state index in [9.17, 15) is 13.6 Å². The number of aromatic nitrogens is 2. The van der Waals surface area contributed by atoms with Crippen LogP contribution in [0.1, 0.15) is 53.6 Å². The molecule has 1 aliphatic rings. The minimum Gasteiger partial charge on any atom is -0.341 e. The zero-order valence-electron chi connectivity index (χ0n) is 21.0. The highest BCUT2D eigenvalue weighted by Gasteiger charge is 2.28. The number of nitrogens with two attached hydrogens (primary N) is 1. The molecule has 1 aliphatic carbocycles. The maximum absolute atomic E-state index is 14.9. The monoisotopic (exact) mass is 500 g/mol. The molecule has 3 atom stereocenters. The van der Waals surface area contributed by atoms with Crippen LogP contribution in [0.2, 0.25) is 0 Å². The Morgan fingerprint density at radius 1 is 1.05 bits per heavy atom. The van der Waals surface area contributed by atoms with Gasteiger partial charge < -0.3 is 10.6 Å². The van der Waals surface area contributed by atoms with Crippen molar-refractivity contribution in [2.24, 2.45) is 11.7 Å². The molecule has 0 saturated heterocycles. The van der Waals surface area contributed by atoms with Crippen molar-refractivity contribution in [1.29, 1.82) is 0 Å². The average Bonchev–Trinajstić information content (AvgIpc) is 2.88. The molecular formula is C30H30F2N4O. The Morgan fingerprint density at radius 2 is 1.86 bits per heavy atom. The van der Waals surface area contributed by atoms with E-state index in [4.69, 9.17) is 5.73 Å². The van der Waals surface area contributed by atoms with Gasteiger partial charge in [0.25, 0.3) is 0 Å². The third kappa shape index (κ3) is 5.09. The van der Waals surface area contributed by atoms with Crippen LogP contribution in [-0.2, 0) is 6.42 Å². The van der Waals surface area contributed by atoms with Crippen LogP contribution < -0.4 is 10.6 Å². The van der Waals surface area contributed by atoms with E-state index < -0.39 is 11.6 Å². The highest BCUT2D eigenvalue weighted by Crippen LogP contribution is 2.37. The minimum atomic E-state index is -0.491. The molecule has 1 fully saturated rings. The molecule has 0 unspecified atom stereocenters. The fourth-order valence-electron chi connectivity index (χ4n) is 5.61. The first-order chi connectivity index (χ1) is 17.8. The number of pyridine rings is 2. The Balaban J connectivity index is 1.46. The van der Waals surface area contributed by atoms with Crippen LogP contribution in [0.15, 0.2) is 67.1 Å². The lowest BCUT2D eigenvalue weighted by atomic mass is 9.75.